The first-order valence-electron chi connectivity index (χ1n) is 3.80. The molecule has 0 bridgehead atoms. The van der Waals surface area contributed by atoms with Crippen LogP contribution in [-0.2, 0) is 0 Å². The van der Waals surface area contributed by atoms with Crippen molar-refractivity contribution in [1.29, 1.82) is 0 Å². The molecule has 71 valence electrons. The van der Waals surface area contributed by atoms with Crippen LogP contribution in [0.4, 0.5) is 8.78 Å². The van der Waals surface area contributed by atoms with Crippen LogP contribution in [-0.4, -0.2) is 12.5 Å². The Kier molecular flexibility index (Phi) is 3.96. The van der Waals surface area contributed by atoms with Crippen LogP contribution in [0.15, 0.2) is 12.1 Å². The minimum Gasteiger partial charge on any atom is -0.490 e. The molecule has 0 fully saturated rings. The number of ether oxygens (including phenoxy) is 1. The van der Waals surface area contributed by atoms with Gasteiger partial charge in [0.2, 0.25) is 5.82 Å². The van der Waals surface area contributed by atoms with Crippen molar-refractivity contribution in [2.75, 3.05) is 12.5 Å². The van der Waals surface area contributed by atoms with E-state index in [2.05, 4.69) is 6.07 Å². The third-order valence-electron chi connectivity index (χ3n) is 1.39. The lowest BCUT2D eigenvalue weighted by Crippen LogP contribution is -2.00. The Morgan fingerprint density at radius 1 is 1.46 bits per heavy atom. The third kappa shape index (κ3) is 2.84. The molecule has 1 radical (unpaired) electrons. The van der Waals surface area contributed by atoms with Gasteiger partial charge in [-0.05, 0) is 18.6 Å². The molecule has 0 aliphatic rings. The van der Waals surface area contributed by atoms with E-state index in [0.717, 1.165) is 0 Å². The fraction of sp³-hybridized carbons (Fsp3) is 0.333. The average molecular weight is 206 g/mol. The molecule has 13 heavy (non-hydrogen) atoms. The van der Waals surface area contributed by atoms with Gasteiger partial charge in [-0.3, -0.25) is 0 Å². The van der Waals surface area contributed by atoms with Crippen molar-refractivity contribution < 1.29 is 13.5 Å². The molecule has 1 aromatic carbocycles. The molecule has 0 aliphatic carbocycles. The molecule has 0 aliphatic heterocycles. The van der Waals surface area contributed by atoms with Gasteiger partial charge in [-0.25, -0.2) is 4.39 Å². The molecule has 0 saturated heterocycles. The number of halogens is 3. The lowest BCUT2D eigenvalue weighted by Gasteiger charge is -2.05. The summed E-state index contributed by atoms with van der Waals surface area (Å²) in [4.78, 5) is 0. The zero-order valence-electron chi connectivity index (χ0n) is 6.82. The lowest BCUT2D eigenvalue weighted by atomic mass is 10.3. The van der Waals surface area contributed by atoms with Gasteiger partial charge in [0.15, 0.2) is 11.6 Å². The third-order valence-corrected chi connectivity index (χ3v) is 1.66. The maximum Gasteiger partial charge on any atom is 0.201 e. The first-order chi connectivity index (χ1) is 6.25. The summed E-state index contributed by atoms with van der Waals surface area (Å²) in [5, 5.41) is 0. The Labute approximate surface area is 80.3 Å². The average Bonchev–Trinajstić information content (AvgIpc) is 2.13. The number of benzene rings is 1. The second kappa shape index (κ2) is 5.02. The van der Waals surface area contributed by atoms with Crippen LogP contribution in [0.2, 0.25) is 0 Å². The van der Waals surface area contributed by atoms with Crippen molar-refractivity contribution in [3.05, 3.63) is 29.8 Å². The first-order valence-corrected chi connectivity index (χ1v) is 4.33. The van der Waals surface area contributed by atoms with E-state index in [0.29, 0.717) is 12.3 Å². The molecule has 0 saturated carbocycles. The zero-order chi connectivity index (χ0) is 9.68. The highest BCUT2D eigenvalue weighted by molar-refractivity contribution is 6.17. The number of hydrogen-bond acceptors (Lipinski definition) is 1. The Morgan fingerprint density at radius 2 is 2.23 bits per heavy atom. The number of rotatable bonds is 4. The second-order valence-electron chi connectivity index (χ2n) is 2.36. The minimum absolute atomic E-state index is 0.0960. The monoisotopic (exact) mass is 205 g/mol. The lowest BCUT2D eigenvalue weighted by molar-refractivity contribution is 0.296. The van der Waals surface area contributed by atoms with Gasteiger partial charge in [0, 0.05) is 11.9 Å². The van der Waals surface area contributed by atoms with Crippen molar-refractivity contribution in [3.8, 4) is 5.75 Å². The maximum absolute atomic E-state index is 12.9. The smallest absolute Gasteiger partial charge is 0.201 e. The summed E-state index contributed by atoms with van der Waals surface area (Å²) < 4.78 is 30.4. The topological polar surface area (TPSA) is 9.23 Å². The number of hydrogen-bond donors (Lipinski definition) is 0. The summed E-state index contributed by atoms with van der Waals surface area (Å²) >= 11 is 5.38. The highest BCUT2D eigenvalue weighted by Crippen LogP contribution is 2.18. The quantitative estimate of drug-likeness (QED) is 0.543. The van der Waals surface area contributed by atoms with Crippen LogP contribution >= 0.6 is 11.6 Å². The van der Waals surface area contributed by atoms with Crippen molar-refractivity contribution in [2.24, 2.45) is 0 Å². The predicted octanol–water partition coefficient (Wildman–Crippen LogP) is 2.77. The molecular formula is C9H8ClF2O. The molecule has 0 heterocycles. The van der Waals surface area contributed by atoms with Crippen LogP contribution in [0, 0.1) is 17.7 Å². The predicted molar refractivity (Wildman–Crippen MR) is 46.0 cm³/mol. The minimum atomic E-state index is -1.02. The van der Waals surface area contributed by atoms with E-state index in [-0.39, 0.29) is 12.4 Å². The van der Waals surface area contributed by atoms with Gasteiger partial charge in [0.25, 0.3) is 0 Å². The summed E-state index contributed by atoms with van der Waals surface area (Å²) in [6.07, 6.45) is 0.598. The molecule has 1 rings (SSSR count). The van der Waals surface area contributed by atoms with Gasteiger partial charge in [0.1, 0.15) is 0 Å². The number of alkyl halides is 1. The van der Waals surface area contributed by atoms with Crippen LogP contribution in [0.5, 0.6) is 5.75 Å². The summed E-state index contributed by atoms with van der Waals surface area (Å²) in [5.74, 6) is -1.69. The molecule has 1 aromatic rings. The zero-order valence-corrected chi connectivity index (χ0v) is 7.57. The van der Waals surface area contributed by atoms with Crippen LogP contribution in [0.3, 0.4) is 0 Å². The summed E-state index contributed by atoms with van der Waals surface area (Å²) in [6, 6.07) is 4.68. The van der Waals surface area contributed by atoms with Gasteiger partial charge in [-0.1, -0.05) is 0 Å². The Bertz CT molecular complexity index is 278. The van der Waals surface area contributed by atoms with E-state index >= 15 is 0 Å². The van der Waals surface area contributed by atoms with Crippen molar-refractivity contribution >= 4 is 11.6 Å². The van der Waals surface area contributed by atoms with Gasteiger partial charge in [-0.2, -0.15) is 4.39 Å². The second-order valence-corrected chi connectivity index (χ2v) is 2.74. The SMILES string of the molecule is Fc1[c]ccc(OCCCCl)c1F. The van der Waals surface area contributed by atoms with Crippen molar-refractivity contribution in [1.82, 2.24) is 0 Å². The van der Waals surface area contributed by atoms with E-state index < -0.39 is 11.6 Å². The summed E-state index contributed by atoms with van der Waals surface area (Å²) in [5.41, 5.74) is 0. The van der Waals surface area contributed by atoms with Gasteiger partial charge in [0.05, 0.1) is 6.61 Å². The van der Waals surface area contributed by atoms with Crippen LogP contribution < -0.4 is 4.74 Å². The largest absolute Gasteiger partial charge is 0.490 e. The fourth-order valence-corrected chi connectivity index (χ4v) is 0.892. The Balaban J connectivity index is 2.61. The molecule has 0 N–H and O–H groups in total. The van der Waals surface area contributed by atoms with E-state index in [9.17, 15) is 8.78 Å². The van der Waals surface area contributed by atoms with Crippen molar-refractivity contribution in [3.63, 3.8) is 0 Å². The molecule has 0 amide bonds. The fourth-order valence-electron chi connectivity index (χ4n) is 0.783. The maximum atomic E-state index is 12.9. The Morgan fingerprint density at radius 3 is 2.92 bits per heavy atom. The Hall–Kier alpha value is -0.830. The molecule has 0 atom stereocenters. The van der Waals surface area contributed by atoms with Crippen LogP contribution in [0.1, 0.15) is 6.42 Å². The van der Waals surface area contributed by atoms with Gasteiger partial charge >= 0.3 is 0 Å². The first kappa shape index (κ1) is 10.3. The summed E-state index contributed by atoms with van der Waals surface area (Å²) in [6.45, 7) is 0.282. The normalized spacial score (nSPS) is 10.1. The van der Waals surface area contributed by atoms with E-state index in [1.54, 1.807) is 0 Å². The van der Waals surface area contributed by atoms with E-state index in [1.165, 1.54) is 12.1 Å². The van der Waals surface area contributed by atoms with Gasteiger partial charge in [-0.15, -0.1) is 11.6 Å². The molecule has 0 unspecified atom stereocenters. The van der Waals surface area contributed by atoms with E-state index in [4.69, 9.17) is 16.3 Å². The standard InChI is InChI=1S/C9H8ClF2O/c10-5-2-6-13-8-4-1-3-7(11)9(8)12/h1,4H,2,5-6H2. The highest BCUT2D eigenvalue weighted by Gasteiger charge is 2.07. The van der Waals surface area contributed by atoms with E-state index in [1.807, 2.05) is 0 Å². The molecule has 0 spiro atoms. The molecule has 1 nitrogen and oxygen atoms in total. The van der Waals surface area contributed by atoms with Gasteiger partial charge < -0.3 is 4.74 Å². The molecular weight excluding hydrogens is 198 g/mol. The molecule has 4 heteroatoms. The highest BCUT2D eigenvalue weighted by atomic mass is 35.5. The van der Waals surface area contributed by atoms with Crippen LogP contribution in [0.25, 0.3) is 0 Å². The summed E-state index contributed by atoms with van der Waals surface area (Å²) in [7, 11) is 0. The molecule has 0 aromatic heterocycles. The van der Waals surface area contributed by atoms with Crippen molar-refractivity contribution in [2.45, 2.75) is 6.42 Å².